The van der Waals surface area contributed by atoms with Crippen LogP contribution in [0, 0.1) is 0 Å². The number of aliphatic imine (C=N–C) groups is 1. The van der Waals surface area contributed by atoms with Crippen LogP contribution < -0.4 is 10.6 Å². The van der Waals surface area contributed by atoms with E-state index in [-0.39, 0.29) is 0 Å². The molecule has 0 aliphatic rings. The van der Waals surface area contributed by atoms with Gasteiger partial charge >= 0.3 is 0 Å². The number of nitrogens with zero attached hydrogens (tertiary/aromatic N) is 3. The largest absolute Gasteiger partial charge is 0.359 e. The van der Waals surface area contributed by atoms with Gasteiger partial charge in [-0.2, -0.15) is 5.10 Å². The number of hydrogen-bond acceptors (Lipinski definition) is 2. The fourth-order valence-electron chi connectivity index (χ4n) is 0.956. The van der Waals surface area contributed by atoms with Crippen LogP contribution in [0.3, 0.4) is 0 Å². The molecule has 0 radical (unpaired) electrons. The lowest BCUT2D eigenvalue weighted by molar-refractivity contribution is 0.662. The van der Waals surface area contributed by atoms with Crippen LogP contribution in [0.25, 0.3) is 0 Å². The fourth-order valence-corrected chi connectivity index (χ4v) is 0.956. The first kappa shape index (κ1) is 9.57. The minimum Gasteiger partial charge on any atom is -0.359 e. The molecule has 13 heavy (non-hydrogen) atoms. The third kappa shape index (κ3) is 2.47. The number of aryl methyl sites for hydroxylation is 1. The van der Waals surface area contributed by atoms with E-state index < -0.39 is 0 Å². The molecule has 0 fully saturated rings. The van der Waals surface area contributed by atoms with Gasteiger partial charge in [0.15, 0.2) is 11.8 Å². The van der Waals surface area contributed by atoms with Crippen LogP contribution in [0.1, 0.15) is 6.92 Å². The second kappa shape index (κ2) is 4.49. The Kier molecular flexibility index (Phi) is 3.31. The molecule has 0 saturated heterocycles. The lowest BCUT2D eigenvalue weighted by Gasteiger charge is -2.04. The van der Waals surface area contributed by atoms with Crippen LogP contribution in [0.15, 0.2) is 17.3 Å². The van der Waals surface area contributed by atoms with Gasteiger partial charge in [-0.15, -0.1) is 0 Å². The van der Waals surface area contributed by atoms with Crippen molar-refractivity contribution in [2.24, 2.45) is 4.99 Å². The van der Waals surface area contributed by atoms with E-state index in [1.165, 1.54) is 0 Å². The van der Waals surface area contributed by atoms with Gasteiger partial charge in [0.1, 0.15) is 0 Å². The maximum Gasteiger partial charge on any atom is 0.196 e. The average molecular weight is 181 g/mol. The molecule has 0 aromatic carbocycles. The van der Waals surface area contributed by atoms with Gasteiger partial charge in [-0.3, -0.25) is 9.67 Å². The highest BCUT2D eigenvalue weighted by molar-refractivity contribution is 5.92. The third-order valence-electron chi connectivity index (χ3n) is 1.67. The Morgan fingerprint density at radius 3 is 2.92 bits per heavy atom. The summed E-state index contributed by atoms with van der Waals surface area (Å²) in [4.78, 5) is 3.98. The van der Waals surface area contributed by atoms with Gasteiger partial charge in [0.25, 0.3) is 0 Å². The molecule has 1 heterocycles. The van der Waals surface area contributed by atoms with Gasteiger partial charge in [0, 0.05) is 32.9 Å². The van der Waals surface area contributed by atoms with Gasteiger partial charge in [-0.1, -0.05) is 0 Å². The van der Waals surface area contributed by atoms with Crippen molar-refractivity contribution in [2.75, 3.05) is 19.4 Å². The zero-order valence-electron chi connectivity index (χ0n) is 8.20. The second-order valence-electron chi connectivity index (χ2n) is 2.50. The van der Waals surface area contributed by atoms with Crippen molar-refractivity contribution in [1.29, 1.82) is 0 Å². The minimum absolute atomic E-state index is 0.710. The Labute approximate surface area is 77.9 Å². The molecular formula is C8H15N5. The van der Waals surface area contributed by atoms with Crippen LogP contribution >= 0.6 is 0 Å². The van der Waals surface area contributed by atoms with Crippen LogP contribution in [-0.2, 0) is 6.54 Å². The molecule has 5 heteroatoms. The van der Waals surface area contributed by atoms with E-state index in [0.29, 0.717) is 5.96 Å². The number of anilines is 1. The number of aromatic nitrogens is 2. The highest BCUT2D eigenvalue weighted by Gasteiger charge is 1.98. The topological polar surface area (TPSA) is 54.2 Å². The molecule has 0 saturated carbocycles. The third-order valence-corrected chi connectivity index (χ3v) is 1.67. The molecular weight excluding hydrogens is 166 g/mol. The minimum atomic E-state index is 0.710. The van der Waals surface area contributed by atoms with Gasteiger partial charge < -0.3 is 10.6 Å². The Morgan fingerprint density at radius 1 is 1.69 bits per heavy atom. The predicted molar refractivity (Wildman–Crippen MR) is 53.9 cm³/mol. The highest BCUT2D eigenvalue weighted by Crippen LogP contribution is 2.01. The molecule has 0 spiro atoms. The summed E-state index contributed by atoms with van der Waals surface area (Å²) in [5.41, 5.74) is 0. The molecule has 5 nitrogen and oxygen atoms in total. The van der Waals surface area contributed by atoms with Crippen molar-refractivity contribution >= 4 is 11.8 Å². The van der Waals surface area contributed by atoms with Crippen molar-refractivity contribution < 1.29 is 0 Å². The molecule has 0 aliphatic carbocycles. The standard InChI is InChI=1S/C8H15N5/c1-4-13-6-5-7(12-13)11-8(9-2)10-3/h5-6H,4H2,1-3H3,(H2,9,10,11,12). The number of guanidine groups is 1. The summed E-state index contributed by atoms with van der Waals surface area (Å²) in [6, 6.07) is 1.91. The lowest BCUT2D eigenvalue weighted by atomic mass is 10.6. The van der Waals surface area contributed by atoms with Gasteiger partial charge in [0.2, 0.25) is 0 Å². The van der Waals surface area contributed by atoms with E-state index >= 15 is 0 Å². The van der Waals surface area contributed by atoms with E-state index in [1.54, 1.807) is 7.05 Å². The summed E-state index contributed by atoms with van der Waals surface area (Å²) in [5, 5.41) is 10.2. The smallest absolute Gasteiger partial charge is 0.196 e. The molecule has 0 bridgehead atoms. The van der Waals surface area contributed by atoms with Gasteiger partial charge in [0.05, 0.1) is 0 Å². The van der Waals surface area contributed by atoms with E-state index in [1.807, 2.05) is 30.9 Å². The van der Waals surface area contributed by atoms with E-state index in [4.69, 9.17) is 0 Å². The Hall–Kier alpha value is -1.52. The fraction of sp³-hybridized carbons (Fsp3) is 0.500. The monoisotopic (exact) mass is 181 g/mol. The zero-order valence-corrected chi connectivity index (χ0v) is 8.20. The van der Waals surface area contributed by atoms with Crippen LogP contribution in [0.2, 0.25) is 0 Å². The normalized spacial score (nSPS) is 11.5. The van der Waals surface area contributed by atoms with Crippen molar-refractivity contribution in [1.82, 2.24) is 15.1 Å². The number of hydrogen-bond donors (Lipinski definition) is 2. The van der Waals surface area contributed by atoms with Crippen LogP contribution in [0.4, 0.5) is 5.82 Å². The first-order chi connectivity index (χ1) is 6.30. The Morgan fingerprint density at radius 2 is 2.46 bits per heavy atom. The summed E-state index contributed by atoms with van der Waals surface area (Å²) in [6.07, 6.45) is 1.92. The van der Waals surface area contributed by atoms with E-state index in [2.05, 4.69) is 20.7 Å². The molecule has 1 rings (SSSR count). The van der Waals surface area contributed by atoms with Crippen LogP contribution in [-0.4, -0.2) is 29.8 Å². The predicted octanol–water partition coefficient (Wildman–Crippen LogP) is 0.520. The summed E-state index contributed by atoms with van der Waals surface area (Å²) >= 11 is 0. The van der Waals surface area contributed by atoms with Crippen LogP contribution in [0.5, 0.6) is 0 Å². The molecule has 1 aromatic rings. The molecule has 2 N–H and O–H groups in total. The molecule has 0 amide bonds. The summed E-state index contributed by atoms with van der Waals surface area (Å²) in [7, 11) is 3.53. The van der Waals surface area contributed by atoms with Gasteiger partial charge in [-0.25, -0.2) is 0 Å². The van der Waals surface area contributed by atoms with Crippen molar-refractivity contribution in [3.63, 3.8) is 0 Å². The average Bonchev–Trinajstić information content (AvgIpc) is 2.61. The molecule has 1 aromatic heterocycles. The second-order valence-corrected chi connectivity index (χ2v) is 2.50. The first-order valence-electron chi connectivity index (χ1n) is 4.25. The van der Waals surface area contributed by atoms with E-state index in [9.17, 15) is 0 Å². The summed E-state index contributed by atoms with van der Waals surface area (Å²) < 4.78 is 1.85. The molecule has 0 aliphatic heterocycles. The van der Waals surface area contributed by atoms with Crippen molar-refractivity contribution in [3.8, 4) is 0 Å². The maximum absolute atomic E-state index is 4.25. The molecule has 0 atom stereocenters. The van der Waals surface area contributed by atoms with E-state index in [0.717, 1.165) is 12.4 Å². The Balaban J connectivity index is 2.63. The summed E-state index contributed by atoms with van der Waals surface area (Å²) in [5.74, 6) is 1.51. The Bertz CT molecular complexity index is 288. The van der Waals surface area contributed by atoms with Gasteiger partial charge in [-0.05, 0) is 6.92 Å². The van der Waals surface area contributed by atoms with Crippen molar-refractivity contribution in [3.05, 3.63) is 12.3 Å². The quantitative estimate of drug-likeness (QED) is 0.516. The first-order valence-corrected chi connectivity index (χ1v) is 4.25. The lowest BCUT2D eigenvalue weighted by Crippen LogP contribution is -2.27. The number of rotatable bonds is 2. The maximum atomic E-state index is 4.25. The number of nitrogens with one attached hydrogen (secondary N) is 2. The molecule has 72 valence electrons. The zero-order chi connectivity index (χ0) is 9.68. The SMILES string of the molecule is CCn1ccc(NC(=NC)NC)n1. The highest BCUT2D eigenvalue weighted by atomic mass is 15.3. The summed E-state index contributed by atoms with van der Waals surface area (Å²) in [6.45, 7) is 2.92. The molecule has 0 unspecified atom stereocenters. The van der Waals surface area contributed by atoms with Crippen molar-refractivity contribution in [2.45, 2.75) is 13.5 Å².